The number of nitrogens with zero attached hydrogens (tertiary/aromatic N) is 3. The first-order valence-electron chi connectivity index (χ1n) is 10.2. The van der Waals surface area contributed by atoms with Crippen LogP contribution in [0.25, 0.3) is 21.9 Å². The van der Waals surface area contributed by atoms with Crippen LogP contribution in [0.2, 0.25) is 0 Å². The summed E-state index contributed by atoms with van der Waals surface area (Å²) in [4.78, 5) is 45.6. The number of carboxylic acid groups (broad SMARTS) is 1. The van der Waals surface area contributed by atoms with Crippen molar-refractivity contribution in [2.45, 2.75) is 45.7 Å². The molecule has 0 aliphatic heterocycles. The second-order valence-corrected chi connectivity index (χ2v) is 7.78. The average molecular weight is 420 g/mol. The van der Waals surface area contributed by atoms with E-state index in [-0.39, 0.29) is 11.9 Å². The molecular formula is C23H24N4O4. The number of aromatic amines is 1. The minimum atomic E-state index is -1.06. The molecule has 4 aromatic rings. The van der Waals surface area contributed by atoms with E-state index in [0.29, 0.717) is 11.9 Å². The number of carbonyl (C=O) groups is 1. The second kappa shape index (κ2) is 7.86. The van der Waals surface area contributed by atoms with Gasteiger partial charge in [0.15, 0.2) is 5.52 Å². The number of hydrogen-bond donors (Lipinski definition) is 2. The Labute approximate surface area is 177 Å². The third kappa shape index (κ3) is 3.34. The molecule has 4 rings (SSSR count). The predicted octanol–water partition coefficient (Wildman–Crippen LogP) is 3.38. The van der Waals surface area contributed by atoms with E-state index < -0.39 is 29.3 Å². The molecule has 0 amide bonds. The van der Waals surface area contributed by atoms with Gasteiger partial charge in [0, 0.05) is 28.9 Å². The van der Waals surface area contributed by atoms with Gasteiger partial charge in [-0.2, -0.15) is 0 Å². The fourth-order valence-corrected chi connectivity index (χ4v) is 4.36. The number of nitrogens with one attached hydrogen (secondary N) is 1. The SMILES string of the molecule is CCC(CC(=O)O)n1c(=O)c2ncccc2n([C@@H](C)c2c[nH]c3cccc(C)c23)c1=O. The van der Waals surface area contributed by atoms with E-state index in [9.17, 15) is 19.5 Å². The van der Waals surface area contributed by atoms with Gasteiger partial charge >= 0.3 is 11.7 Å². The number of pyridine rings is 1. The number of aliphatic carboxylic acids is 1. The highest BCUT2D eigenvalue weighted by Crippen LogP contribution is 2.30. The number of rotatable bonds is 6. The molecule has 0 fully saturated rings. The number of hydrogen-bond acceptors (Lipinski definition) is 4. The van der Waals surface area contributed by atoms with Crippen LogP contribution < -0.4 is 11.2 Å². The third-order valence-corrected chi connectivity index (χ3v) is 5.91. The van der Waals surface area contributed by atoms with Gasteiger partial charge in [-0.3, -0.25) is 18.7 Å². The fourth-order valence-electron chi connectivity index (χ4n) is 4.36. The van der Waals surface area contributed by atoms with Crippen LogP contribution >= 0.6 is 0 Å². The summed E-state index contributed by atoms with van der Waals surface area (Å²) in [5.74, 6) is -1.06. The van der Waals surface area contributed by atoms with Crippen LogP contribution in [0.15, 0.2) is 52.3 Å². The number of benzene rings is 1. The van der Waals surface area contributed by atoms with Crippen molar-refractivity contribution in [1.29, 1.82) is 0 Å². The van der Waals surface area contributed by atoms with Crippen LogP contribution in [0.1, 0.15) is 49.9 Å². The minimum Gasteiger partial charge on any atom is -0.481 e. The number of fused-ring (bicyclic) bond motifs is 2. The molecule has 31 heavy (non-hydrogen) atoms. The predicted molar refractivity (Wildman–Crippen MR) is 119 cm³/mol. The Bertz CT molecular complexity index is 1410. The molecule has 2 atom stereocenters. The topological polar surface area (TPSA) is 110 Å². The molecular weight excluding hydrogens is 396 g/mol. The van der Waals surface area contributed by atoms with Gasteiger partial charge in [0.05, 0.1) is 24.0 Å². The third-order valence-electron chi connectivity index (χ3n) is 5.91. The van der Waals surface area contributed by atoms with E-state index in [1.165, 1.54) is 6.20 Å². The van der Waals surface area contributed by atoms with Crippen LogP contribution in [0.5, 0.6) is 0 Å². The molecule has 0 radical (unpaired) electrons. The van der Waals surface area contributed by atoms with Gasteiger partial charge in [0.1, 0.15) is 0 Å². The maximum Gasteiger partial charge on any atom is 0.332 e. The first kappa shape index (κ1) is 20.6. The van der Waals surface area contributed by atoms with Gasteiger partial charge in [-0.1, -0.05) is 19.1 Å². The van der Waals surface area contributed by atoms with Gasteiger partial charge in [0.2, 0.25) is 0 Å². The van der Waals surface area contributed by atoms with E-state index in [2.05, 4.69) is 9.97 Å². The largest absolute Gasteiger partial charge is 0.481 e. The summed E-state index contributed by atoms with van der Waals surface area (Å²) in [5, 5.41) is 10.3. The monoisotopic (exact) mass is 420 g/mol. The molecule has 3 heterocycles. The lowest BCUT2D eigenvalue weighted by Gasteiger charge is -2.22. The molecule has 2 N–H and O–H groups in total. The molecule has 0 spiro atoms. The Morgan fingerprint density at radius 3 is 2.68 bits per heavy atom. The van der Waals surface area contributed by atoms with Crippen LogP contribution in [-0.2, 0) is 4.79 Å². The minimum absolute atomic E-state index is 0.148. The summed E-state index contributed by atoms with van der Waals surface area (Å²) in [6.45, 7) is 5.67. The molecule has 8 nitrogen and oxygen atoms in total. The molecule has 0 saturated carbocycles. The van der Waals surface area contributed by atoms with Crippen LogP contribution in [0.3, 0.4) is 0 Å². The maximum absolute atomic E-state index is 13.6. The highest BCUT2D eigenvalue weighted by atomic mass is 16.4. The highest BCUT2D eigenvalue weighted by Gasteiger charge is 2.25. The van der Waals surface area contributed by atoms with Crippen LogP contribution in [0, 0.1) is 6.92 Å². The quantitative estimate of drug-likeness (QED) is 0.497. The number of carboxylic acids is 1. The zero-order chi connectivity index (χ0) is 22.3. The van der Waals surface area contributed by atoms with Gasteiger partial charge in [-0.25, -0.2) is 9.78 Å². The first-order valence-corrected chi connectivity index (χ1v) is 10.2. The zero-order valence-corrected chi connectivity index (χ0v) is 17.6. The Hall–Kier alpha value is -3.68. The lowest BCUT2D eigenvalue weighted by atomic mass is 10.0. The summed E-state index contributed by atoms with van der Waals surface area (Å²) in [7, 11) is 0. The number of H-pyrrole nitrogens is 1. The van der Waals surface area contributed by atoms with Gasteiger partial charge < -0.3 is 10.1 Å². The molecule has 0 aliphatic rings. The van der Waals surface area contributed by atoms with Crippen molar-refractivity contribution in [2.24, 2.45) is 0 Å². The van der Waals surface area contributed by atoms with Gasteiger partial charge in [-0.15, -0.1) is 0 Å². The van der Waals surface area contributed by atoms with Crippen molar-refractivity contribution >= 4 is 27.9 Å². The molecule has 3 aromatic heterocycles. The molecule has 0 bridgehead atoms. The Morgan fingerprint density at radius 1 is 1.19 bits per heavy atom. The van der Waals surface area contributed by atoms with Crippen molar-refractivity contribution in [3.63, 3.8) is 0 Å². The summed E-state index contributed by atoms with van der Waals surface area (Å²) >= 11 is 0. The summed E-state index contributed by atoms with van der Waals surface area (Å²) in [6.07, 6.45) is 3.40. The van der Waals surface area contributed by atoms with Crippen molar-refractivity contribution in [3.8, 4) is 0 Å². The van der Waals surface area contributed by atoms with Crippen molar-refractivity contribution < 1.29 is 9.90 Å². The second-order valence-electron chi connectivity index (χ2n) is 7.78. The number of aromatic nitrogens is 4. The molecule has 0 saturated heterocycles. The van der Waals surface area contributed by atoms with E-state index in [1.807, 2.05) is 38.2 Å². The van der Waals surface area contributed by atoms with E-state index >= 15 is 0 Å². The normalized spacial score (nSPS) is 13.5. The van der Waals surface area contributed by atoms with Crippen molar-refractivity contribution in [2.75, 3.05) is 0 Å². The van der Waals surface area contributed by atoms with E-state index in [1.54, 1.807) is 23.6 Å². The van der Waals surface area contributed by atoms with E-state index in [0.717, 1.165) is 26.6 Å². The molecule has 0 aliphatic carbocycles. The van der Waals surface area contributed by atoms with Crippen LogP contribution in [-0.4, -0.2) is 30.2 Å². The summed E-state index contributed by atoms with van der Waals surface area (Å²) in [6, 6.07) is 8.16. The first-order chi connectivity index (χ1) is 14.8. The Balaban J connectivity index is 2.04. The van der Waals surface area contributed by atoms with Gasteiger partial charge in [0.25, 0.3) is 5.56 Å². The van der Waals surface area contributed by atoms with Crippen LogP contribution in [0.4, 0.5) is 0 Å². The fraction of sp³-hybridized carbons (Fsp3) is 0.304. The molecule has 1 unspecified atom stereocenters. The maximum atomic E-state index is 13.6. The molecule has 160 valence electrons. The Kier molecular flexibility index (Phi) is 5.22. The smallest absolute Gasteiger partial charge is 0.332 e. The summed E-state index contributed by atoms with van der Waals surface area (Å²) in [5.41, 5.74) is 2.42. The molecule has 8 heteroatoms. The van der Waals surface area contributed by atoms with Crippen molar-refractivity contribution in [3.05, 3.63) is 74.7 Å². The molecule has 1 aromatic carbocycles. The van der Waals surface area contributed by atoms with E-state index in [4.69, 9.17) is 0 Å². The lowest BCUT2D eigenvalue weighted by molar-refractivity contribution is -0.138. The zero-order valence-electron chi connectivity index (χ0n) is 17.6. The van der Waals surface area contributed by atoms with Gasteiger partial charge in [-0.05, 0) is 44.0 Å². The highest BCUT2D eigenvalue weighted by molar-refractivity contribution is 5.87. The average Bonchev–Trinajstić information content (AvgIpc) is 3.18. The number of aryl methyl sites for hydroxylation is 1. The summed E-state index contributed by atoms with van der Waals surface area (Å²) < 4.78 is 2.60. The lowest BCUT2D eigenvalue weighted by Crippen LogP contribution is -2.44. The Morgan fingerprint density at radius 2 is 1.97 bits per heavy atom. The standard InChI is InChI=1S/C23H24N4O4/c1-4-15(11-19(28)29)27-22(30)21-18(9-6-10-24-21)26(23(27)31)14(3)16-12-25-17-8-5-7-13(2)20(16)17/h5-10,12,14-15,25H,4,11H2,1-3H3,(H,28,29)/t14-,15?/m0/s1. The van der Waals surface area contributed by atoms with Crippen molar-refractivity contribution in [1.82, 2.24) is 19.1 Å².